The minimum atomic E-state index is -0.622. The van der Waals surface area contributed by atoms with E-state index in [2.05, 4.69) is 16.0 Å². The summed E-state index contributed by atoms with van der Waals surface area (Å²) in [7, 11) is 0. The van der Waals surface area contributed by atoms with E-state index in [1.807, 2.05) is 24.3 Å². The molecule has 0 fully saturated rings. The second-order valence-electron chi connectivity index (χ2n) is 6.75. The predicted octanol–water partition coefficient (Wildman–Crippen LogP) is 4.00. The number of rotatable bonds is 8. The van der Waals surface area contributed by atoms with Gasteiger partial charge in [-0.25, -0.2) is 9.59 Å². The van der Waals surface area contributed by atoms with Crippen LogP contribution in [0.15, 0.2) is 59.8 Å². The first-order valence-corrected chi connectivity index (χ1v) is 10.4. The molecule has 0 aromatic heterocycles. The third kappa shape index (κ3) is 5.75. The molecule has 1 heterocycles. The van der Waals surface area contributed by atoms with Crippen molar-refractivity contribution in [1.82, 2.24) is 16.0 Å². The molecular formula is C22H23Cl2N3O3. The lowest BCUT2D eigenvalue weighted by Crippen LogP contribution is -2.48. The lowest BCUT2D eigenvalue weighted by Gasteiger charge is -2.29. The summed E-state index contributed by atoms with van der Waals surface area (Å²) in [5.74, 6) is -0.473. The predicted molar refractivity (Wildman–Crippen MR) is 118 cm³/mol. The summed E-state index contributed by atoms with van der Waals surface area (Å²) in [4.78, 5) is 25.0. The fourth-order valence-electron chi connectivity index (χ4n) is 3.21. The Hall–Kier alpha value is -2.54. The number of carbonyl (C=O) groups is 2. The molecule has 3 rings (SSSR count). The Morgan fingerprint density at radius 1 is 1.07 bits per heavy atom. The summed E-state index contributed by atoms with van der Waals surface area (Å²) in [5.41, 5.74) is 2.75. The maximum absolute atomic E-state index is 12.7. The number of ether oxygens (including phenoxy) is 1. The zero-order valence-corrected chi connectivity index (χ0v) is 18.0. The monoisotopic (exact) mass is 447 g/mol. The quantitative estimate of drug-likeness (QED) is 0.422. The van der Waals surface area contributed by atoms with Crippen molar-refractivity contribution in [2.75, 3.05) is 19.7 Å². The van der Waals surface area contributed by atoms with Crippen LogP contribution in [-0.4, -0.2) is 31.7 Å². The van der Waals surface area contributed by atoms with E-state index in [0.29, 0.717) is 34.4 Å². The highest BCUT2D eigenvalue weighted by Gasteiger charge is 2.33. The van der Waals surface area contributed by atoms with E-state index < -0.39 is 12.0 Å². The van der Waals surface area contributed by atoms with Gasteiger partial charge in [-0.3, -0.25) is 0 Å². The fourth-order valence-corrected chi connectivity index (χ4v) is 3.46. The first kappa shape index (κ1) is 22.2. The highest BCUT2D eigenvalue weighted by atomic mass is 35.5. The summed E-state index contributed by atoms with van der Waals surface area (Å²) < 4.78 is 5.25. The summed E-state index contributed by atoms with van der Waals surface area (Å²) in [5, 5.41) is 10.1. The molecule has 0 saturated carbocycles. The SMILES string of the molecule is CCOC(=O)C1=C(CNCCc2ccc(Cl)cc2)NC(=O)N[C@H]1c1ccc(Cl)cc1. The number of hydrogen-bond donors (Lipinski definition) is 3. The third-order valence-electron chi connectivity index (χ3n) is 4.66. The van der Waals surface area contributed by atoms with Crippen LogP contribution < -0.4 is 16.0 Å². The van der Waals surface area contributed by atoms with Crippen molar-refractivity contribution in [2.24, 2.45) is 0 Å². The van der Waals surface area contributed by atoms with Crippen LogP contribution in [0.5, 0.6) is 0 Å². The van der Waals surface area contributed by atoms with Gasteiger partial charge in [-0.2, -0.15) is 0 Å². The molecule has 6 nitrogen and oxygen atoms in total. The van der Waals surface area contributed by atoms with E-state index in [9.17, 15) is 9.59 Å². The van der Waals surface area contributed by atoms with E-state index in [1.54, 1.807) is 31.2 Å². The summed E-state index contributed by atoms with van der Waals surface area (Å²) >= 11 is 11.9. The number of carbonyl (C=O) groups excluding carboxylic acids is 2. The number of urea groups is 1. The molecule has 1 atom stereocenters. The molecule has 158 valence electrons. The van der Waals surface area contributed by atoms with Crippen molar-refractivity contribution in [1.29, 1.82) is 0 Å². The van der Waals surface area contributed by atoms with Crippen molar-refractivity contribution in [3.8, 4) is 0 Å². The number of halogens is 2. The van der Waals surface area contributed by atoms with Gasteiger partial charge in [0.2, 0.25) is 0 Å². The first-order chi connectivity index (χ1) is 14.5. The van der Waals surface area contributed by atoms with Crippen molar-refractivity contribution in [3.05, 3.63) is 81.0 Å². The molecule has 2 aromatic carbocycles. The Morgan fingerprint density at radius 2 is 1.70 bits per heavy atom. The fraction of sp³-hybridized carbons (Fsp3) is 0.273. The minimum Gasteiger partial charge on any atom is -0.463 e. The molecule has 1 aliphatic rings. The van der Waals surface area contributed by atoms with Gasteiger partial charge in [0.25, 0.3) is 0 Å². The van der Waals surface area contributed by atoms with E-state index in [1.165, 1.54) is 0 Å². The molecule has 0 radical (unpaired) electrons. The number of amides is 2. The molecule has 1 aliphatic heterocycles. The number of hydrogen-bond acceptors (Lipinski definition) is 4. The van der Waals surface area contributed by atoms with Crippen molar-refractivity contribution in [2.45, 2.75) is 19.4 Å². The summed E-state index contributed by atoms with van der Waals surface area (Å²) in [6.45, 7) is 2.96. The van der Waals surface area contributed by atoms with Crippen LogP contribution in [0.25, 0.3) is 0 Å². The average Bonchev–Trinajstić information content (AvgIpc) is 2.72. The summed E-state index contributed by atoms with van der Waals surface area (Å²) in [6.07, 6.45) is 0.784. The Balaban J connectivity index is 1.77. The standard InChI is InChI=1S/C22H23Cl2N3O3/c1-2-30-21(28)19-18(13-25-12-11-14-3-7-16(23)8-4-14)26-22(29)27-20(19)15-5-9-17(24)10-6-15/h3-10,20,25H,2,11-13H2,1H3,(H2,26,27,29)/t20-/m0/s1. The summed E-state index contributed by atoms with van der Waals surface area (Å²) in [6, 6.07) is 13.6. The van der Waals surface area contributed by atoms with Crippen LogP contribution in [0.4, 0.5) is 4.79 Å². The lowest BCUT2D eigenvalue weighted by molar-refractivity contribution is -0.139. The molecule has 0 spiro atoms. The molecule has 0 saturated heterocycles. The topological polar surface area (TPSA) is 79.5 Å². The van der Waals surface area contributed by atoms with Gasteiger partial charge >= 0.3 is 12.0 Å². The van der Waals surface area contributed by atoms with Gasteiger partial charge in [0.1, 0.15) is 0 Å². The lowest BCUT2D eigenvalue weighted by atomic mass is 9.95. The Morgan fingerprint density at radius 3 is 2.33 bits per heavy atom. The second kappa shape index (κ2) is 10.5. The molecule has 2 amide bonds. The zero-order chi connectivity index (χ0) is 21.5. The van der Waals surface area contributed by atoms with Gasteiger partial charge in [0.05, 0.1) is 18.2 Å². The highest BCUT2D eigenvalue weighted by molar-refractivity contribution is 6.30. The third-order valence-corrected chi connectivity index (χ3v) is 5.16. The van der Waals surface area contributed by atoms with Crippen LogP contribution in [0, 0.1) is 0 Å². The maximum Gasteiger partial charge on any atom is 0.338 e. The normalized spacial score (nSPS) is 16.1. The molecular weight excluding hydrogens is 425 g/mol. The van der Waals surface area contributed by atoms with Crippen molar-refractivity contribution < 1.29 is 14.3 Å². The van der Waals surface area contributed by atoms with E-state index in [4.69, 9.17) is 27.9 Å². The average molecular weight is 448 g/mol. The van der Waals surface area contributed by atoms with Gasteiger partial charge in [-0.05, 0) is 55.3 Å². The van der Waals surface area contributed by atoms with Crippen molar-refractivity contribution >= 4 is 35.2 Å². The van der Waals surface area contributed by atoms with Gasteiger partial charge in [0, 0.05) is 22.3 Å². The van der Waals surface area contributed by atoms with E-state index >= 15 is 0 Å². The Bertz CT molecular complexity index is 928. The molecule has 2 aromatic rings. The number of nitrogens with one attached hydrogen (secondary N) is 3. The number of benzene rings is 2. The maximum atomic E-state index is 12.7. The van der Waals surface area contributed by atoms with Crippen LogP contribution in [0.1, 0.15) is 24.1 Å². The smallest absolute Gasteiger partial charge is 0.338 e. The van der Waals surface area contributed by atoms with Crippen molar-refractivity contribution in [3.63, 3.8) is 0 Å². The number of esters is 1. The van der Waals surface area contributed by atoms with Gasteiger partial charge < -0.3 is 20.7 Å². The Kier molecular flexibility index (Phi) is 7.74. The van der Waals surface area contributed by atoms with Crippen LogP contribution in [0.2, 0.25) is 10.0 Å². The van der Waals surface area contributed by atoms with Gasteiger partial charge in [-0.15, -0.1) is 0 Å². The van der Waals surface area contributed by atoms with E-state index in [0.717, 1.165) is 17.5 Å². The van der Waals surface area contributed by atoms with Gasteiger partial charge in [-0.1, -0.05) is 47.5 Å². The second-order valence-corrected chi connectivity index (χ2v) is 7.62. The molecule has 0 unspecified atom stereocenters. The molecule has 3 N–H and O–H groups in total. The molecule has 30 heavy (non-hydrogen) atoms. The highest BCUT2D eigenvalue weighted by Crippen LogP contribution is 2.28. The minimum absolute atomic E-state index is 0.237. The molecule has 0 bridgehead atoms. The van der Waals surface area contributed by atoms with Gasteiger partial charge in [0.15, 0.2) is 0 Å². The first-order valence-electron chi connectivity index (χ1n) is 9.66. The van der Waals surface area contributed by atoms with Crippen LogP contribution >= 0.6 is 23.2 Å². The zero-order valence-electron chi connectivity index (χ0n) is 16.5. The Labute approximate surface area is 185 Å². The molecule has 0 aliphatic carbocycles. The van der Waals surface area contributed by atoms with Crippen LogP contribution in [-0.2, 0) is 16.0 Å². The van der Waals surface area contributed by atoms with E-state index in [-0.39, 0.29) is 12.6 Å². The molecule has 8 heteroatoms. The largest absolute Gasteiger partial charge is 0.463 e. The van der Waals surface area contributed by atoms with Crippen LogP contribution in [0.3, 0.4) is 0 Å².